The van der Waals surface area contributed by atoms with Crippen molar-refractivity contribution in [3.05, 3.63) is 131 Å². The van der Waals surface area contributed by atoms with Crippen LogP contribution >= 0.6 is 0 Å². The van der Waals surface area contributed by atoms with E-state index in [1.807, 2.05) is 0 Å². The Balaban J connectivity index is 0.000000201. The molecule has 0 saturated carbocycles. The minimum atomic E-state index is -1.22. The van der Waals surface area contributed by atoms with Crippen molar-refractivity contribution in [3.8, 4) is 45.5 Å². The van der Waals surface area contributed by atoms with E-state index >= 15 is 0 Å². The first-order valence-corrected chi connectivity index (χ1v) is 15.0. The van der Waals surface area contributed by atoms with Crippen LogP contribution in [0.2, 0.25) is 0 Å². The van der Waals surface area contributed by atoms with Crippen molar-refractivity contribution < 1.29 is 54.9 Å². The summed E-state index contributed by atoms with van der Waals surface area (Å²) in [5, 5.41) is 0. The topological polar surface area (TPSA) is 175 Å². The first-order valence-electron chi connectivity index (χ1n) is 15.0. The predicted molar refractivity (Wildman–Crippen MR) is 175 cm³/mol. The lowest BCUT2D eigenvalue weighted by molar-refractivity contribution is 0.0982. The number of halogens is 4. The molecule has 4 aromatic carbocycles. The van der Waals surface area contributed by atoms with Crippen LogP contribution in [0.1, 0.15) is 32.5 Å². The number of amides is 2. The molecular weight excluding hydrogens is 692 g/mol. The van der Waals surface area contributed by atoms with Crippen LogP contribution < -0.4 is 30.4 Å². The van der Waals surface area contributed by atoms with E-state index in [1.54, 1.807) is 62.8 Å². The third-order valence-electron chi connectivity index (χ3n) is 7.18. The summed E-state index contributed by atoms with van der Waals surface area (Å²) in [7, 11) is 3.14. The second-order valence-corrected chi connectivity index (χ2v) is 10.5. The molecule has 0 radical (unpaired) electrons. The first kappa shape index (κ1) is 36.4. The lowest BCUT2D eigenvalue weighted by atomic mass is 10.1. The van der Waals surface area contributed by atoms with E-state index in [4.69, 9.17) is 39.2 Å². The van der Waals surface area contributed by atoms with Gasteiger partial charge < -0.3 is 39.2 Å². The van der Waals surface area contributed by atoms with E-state index in [1.165, 1.54) is 12.5 Å². The standard InChI is InChI=1S/2C18H14F2N2O4/c2*1-24-11-4-2-10(3-5-11)13-8-26-15(22-13)9-25-14-7-6-12(19)16(17(14)20)18(21)23/h2*2-8H,9H2,1H3,(H2,21,23). The van der Waals surface area contributed by atoms with Crippen LogP contribution in [0.15, 0.2) is 94.2 Å². The molecule has 268 valence electrons. The Bertz CT molecular complexity index is 2030. The Kier molecular flexibility index (Phi) is 11.4. The van der Waals surface area contributed by atoms with Crippen LogP contribution in [0.3, 0.4) is 0 Å². The zero-order valence-electron chi connectivity index (χ0n) is 27.3. The summed E-state index contributed by atoms with van der Waals surface area (Å²) >= 11 is 0. The van der Waals surface area contributed by atoms with Gasteiger partial charge in [0.05, 0.1) is 14.2 Å². The molecule has 2 aromatic heterocycles. The summed E-state index contributed by atoms with van der Waals surface area (Å²) in [5.41, 5.74) is 10.9. The summed E-state index contributed by atoms with van der Waals surface area (Å²) in [5.74, 6) is -5.77. The van der Waals surface area contributed by atoms with Gasteiger partial charge in [-0.05, 0) is 72.8 Å². The lowest BCUT2D eigenvalue weighted by Gasteiger charge is -2.08. The number of nitrogens with zero attached hydrogens (tertiary/aromatic N) is 2. The summed E-state index contributed by atoms with van der Waals surface area (Å²) < 4.78 is 86.3. The van der Waals surface area contributed by atoms with Gasteiger partial charge in [0.15, 0.2) is 36.3 Å². The molecule has 6 rings (SSSR count). The molecule has 0 spiro atoms. The van der Waals surface area contributed by atoms with Crippen LogP contribution in [0, 0.1) is 23.3 Å². The quantitative estimate of drug-likeness (QED) is 0.131. The van der Waals surface area contributed by atoms with E-state index in [0.29, 0.717) is 22.9 Å². The minimum absolute atomic E-state index is 0.181. The van der Waals surface area contributed by atoms with E-state index in [0.717, 1.165) is 35.4 Å². The second-order valence-electron chi connectivity index (χ2n) is 10.5. The maximum atomic E-state index is 14.1. The molecular formula is C36H28F4N4O8. The van der Waals surface area contributed by atoms with Crippen molar-refractivity contribution in [1.29, 1.82) is 0 Å². The molecule has 6 aromatic rings. The molecule has 0 saturated heterocycles. The number of rotatable bonds is 12. The van der Waals surface area contributed by atoms with Crippen LogP contribution in [-0.4, -0.2) is 36.0 Å². The molecule has 16 heteroatoms. The van der Waals surface area contributed by atoms with Crippen LogP contribution in [0.25, 0.3) is 22.5 Å². The molecule has 12 nitrogen and oxygen atoms in total. The zero-order chi connectivity index (χ0) is 37.4. The number of carbonyl (C=O) groups is 2. The fourth-order valence-corrected chi connectivity index (χ4v) is 4.56. The summed E-state index contributed by atoms with van der Waals surface area (Å²) in [6, 6.07) is 18.3. The van der Waals surface area contributed by atoms with Crippen LogP contribution in [0.5, 0.6) is 23.0 Å². The number of nitrogens with two attached hydrogens (primary N) is 2. The molecule has 52 heavy (non-hydrogen) atoms. The number of aromatic nitrogens is 2. The SMILES string of the molecule is COc1ccc(-c2coc(COc3ccc(F)c(C(N)=O)c3F)n2)cc1.COc1ccc(-c2coc(COc3ccc(F)c(C(N)=O)c3F)n2)cc1. The Labute approximate surface area is 292 Å². The highest BCUT2D eigenvalue weighted by Crippen LogP contribution is 2.27. The van der Waals surface area contributed by atoms with Crippen molar-refractivity contribution in [3.63, 3.8) is 0 Å². The fourth-order valence-electron chi connectivity index (χ4n) is 4.56. The van der Waals surface area contributed by atoms with Gasteiger partial charge in [-0.1, -0.05) is 0 Å². The Morgan fingerprint density at radius 3 is 1.29 bits per heavy atom. The number of hydrogen-bond donors (Lipinski definition) is 2. The predicted octanol–water partition coefficient (Wildman–Crippen LogP) is 6.61. The molecule has 2 heterocycles. The van der Waals surface area contributed by atoms with Crippen molar-refractivity contribution in [2.24, 2.45) is 11.5 Å². The van der Waals surface area contributed by atoms with E-state index < -0.39 is 46.2 Å². The number of benzene rings is 4. The number of methoxy groups -OCH3 is 2. The Morgan fingerprint density at radius 1 is 0.596 bits per heavy atom. The van der Waals surface area contributed by atoms with Crippen molar-refractivity contribution >= 4 is 11.8 Å². The van der Waals surface area contributed by atoms with Crippen molar-refractivity contribution in [1.82, 2.24) is 9.97 Å². The Morgan fingerprint density at radius 2 is 0.962 bits per heavy atom. The molecule has 0 atom stereocenters. The molecule has 2 amide bonds. The van der Waals surface area contributed by atoms with E-state index in [-0.39, 0.29) is 36.5 Å². The van der Waals surface area contributed by atoms with Crippen LogP contribution in [0.4, 0.5) is 17.6 Å². The molecule has 0 unspecified atom stereocenters. The van der Waals surface area contributed by atoms with Gasteiger partial charge >= 0.3 is 0 Å². The molecule has 0 aliphatic carbocycles. The largest absolute Gasteiger partial charge is 0.497 e. The van der Waals surface area contributed by atoms with Gasteiger partial charge in [-0.25, -0.2) is 27.5 Å². The normalized spacial score (nSPS) is 10.6. The average Bonchev–Trinajstić information content (AvgIpc) is 3.82. The number of primary amides is 2. The number of carbonyl (C=O) groups excluding carboxylic acids is 2. The zero-order valence-corrected chi connectivity index (χ0v) is 27.3. The van der Waals surface area contributed by atoms with Crippen molar-refractivity contribution in [2.45, 2.75) is 13.2 Å². The van der Waals surface area contributed by atoms with Gasteiger partial charge in [-0.3, -0.25) is 9.59 Å². The fraction of sp³-hybridized carbons (Fsp3) is 0.111. The van der Waals surface area contributed by atoms with Gasteiger partial charge in [0.25, 0.3) is 11.8 Å². The van der Waals surface area contributed by atoms with Gasteiger partial charge in [-0.15, -0.1) is 0 Å². The third kappa shape index (κ3) is 8.47. The minimum Gasteiger partial charge on any atom is -0.497 e. The average molecular weight is 721 g/mol. The summed E-state index contributed by atoms with van der Waals surface area (Å²) in [4.78, 5) is 30.7. The van der Waals surface area contributed by atoms with E-state index in [2.05, 4.69) is 9.97 Å². The maximum Gasteiger partial charge on any atom is 0.254 e. The summed E-state index contributed by atoms with van der Waals surface area (Å²) in [6.07, 6.45) is 2.85. The van der Waals surface area contributed by atoms with Crippen LogP contribution in [-0.2, 0) is 13.2 Å². The second kappa shape index (κ2) is 16.2. The van der Waals surface area contributed by atoms with Crippen molar-refractivity contribution in [2.75, 3.05) is 14.2 Å². The number of oxazole rings is 2. The van der Waals surface area contributed by atoms with Gasteiger partial charge in [0, 0.05) is 11.1 Å². The molecule has 0 fully saturated rings. The number of hydrogen-bond acceptors (Lipinski definition) is 10. The first-order chi connectivity index (χ1) is 25.0. The maximum absolute atomic E-state index is 14.1. The van der Waals surface area contributed by atoms with E-state index in [9.17, 15) is 27.2 Å². The molecule has 0 bridgehead atoms. The Hall–Kier alpha value is -6.84. The molecule has 0 aliphatic rings. The van der Waals surface area contributed by atoms with Gasteiger partial charge in [0.2, 0.25) is 11.8 Å². The van der Waals surface area contributed by atoms with Gasteiger partial charge in [-0.2, -0.15) is 0 Å². The highest BCUT2D eigenvalue weighted by Gasteiger charge is 2.21. The lowest BCUT2D eigenvalue weighted by Crippen LogP contribution is -2.16. The third-order valence-corrected chi connectivity index (χ3v) is 7.18. The highest BCUT2D eigenvalue weighted by molar-refractivity contribution is 5.94. The smallest absolute Gasteiger partial charge is 0.254 e. The van der Waals surface area contributed by atoms with Gasteiger partial charge in [0.1, 0.15) is 58.2 Å². The monoisotopic (exact) mass is 720 g/mol. The number of ether oxygens (including phenoxy) is 4. The molecule has 0 aliphatic heterocycles. The highest BCUT2D eigenvalue weighted by atomic mass is 19.1. The molecule has 4 N–H and O–H groups in total. The summed E-state index contributed by atoms with van der Waals surface area (Å²) in [6.45, 7) is -0.423.